The van der Waals surface area contributed by atoms with Crippen LogP contribution in [0, 0.1) is 0 Å². The molecule has 0 aromatic carbocycles. The maximum Gasteiger partial charge on any atom is 0.334 e. The van der Waals surface area contributed by atoms with Crippen molar-refractivity contribution in [1.29, 1.82) is 0 Å². The van der Waals surface area contributed by atoms with Gasteiger partial charge in [-0.1, -0.05) is 13.3 Å². The van der Waals surface area contributed by atoms with Crippen molar-refractivity contribution < 1.29 is 14.3 Å². The van der Waals surface area contributed by atoms with Gasteiger partial charge in [-0.05, 0) is 25.8 Å². The van der Waals surface area contributed by atoms with Crippen LogP contribution < -0.4 is 0 Å². The van der Waals surface area contributed by atoms with Gasteiger partial charge in [0.15, 0.2) is 0 Å². The molecular weight excluding hydrogens is 192 g/mol. The van der Waals surface area contributed by atoms with Gasteiger partial charge in [0.2, 0.25) is 0 Å². The molecule has 0 spiro atoms. The molecule has 0 aromatic rings. The highest BCUT2D eigenvalue weighted by Gasteiger charge is 2.50. The Labute approximate surface area is 90.4 Å². The van der Waals surface area contributed by atoms with Crippen LogP contribution in [-0.4, -0.2) is 24.3 Å². The van der Waals surface area contributed by atoms with Crippen LogP contribution >= 0.6 is 0 Å². The van der Waals surface area contributed by atoms with Gasteiger partial charge >= 0.3 is 5.97 Å². The molecule has 3 heteroatoms. The predicted molar refractivity (Wildman–Crippen MR) is 56.5 cm³/mol. The van der Waals surface area contributed by atoms with Crippen molar-refractivity contribution in [3.05, 3.63) is 11.1 Å². The van der Waals surface area contributed by atoms with E-state index >= 15 is 0 Å². The van der Waals surface area contributed by atoms with E-state index in [4.69, 9.17) is 9.47 Å². The average molecular weight is 210 g/mol. The number of epoxide rings is 1. The third kappa shape index (κ3) is 1.93. The molecule has 0 aromatic heterocycles. The van der Waals surface area contributed by atoms with Crippen molar-refractivity contribution in [3.63, 3.8) is 0 Å². The minimum absolute atomic E-state index is 0.0533. The van der Waals surface area contributed by atoms with Gasteiger partial charge < -0.3 is 9.47 Å². The second-order valence-corrected chi connectivity index (χ2v) is 4.66. The Morgan fingerprint density at radius 3 is 2.73 bits per heavy atom. The molecule has 2 rings (SSSR count). The van der Waals surface area contributed by atoms with Crippen LogP contribution in [0.2, 0.25) is 0 Å². The lowest BCUT2D eigenvalue weighted by Gasteiger charge is -2.06. The van der Waals surface area contributed by atoms with Crippen molar-refractivity contribution in [2.24, 2.45) is 0 Å². The molecule has 0 amide bonds. The van der Waals surface area contributed by atoms with Crippen molar-refractivity contribution >= 4 is 5.97 Å². The number of rotatable bonds is 4. The summed E-state index contributed by atoms with van der Waals surface area (Å²) < 4.78 is 10.6. The fraction of sp³-hybridized carbons (Fsp3) is 0.750. The minimum Gasteiger partial charge on any atom is -0.458 e. The van der Waals surface area contributed by atoms with Gasteiger partial charge in [0, 0.05) is 12.0 Å². The quantitative estimate of drug-likeness (QED) is 0.527. The molecule has 1 fully saturated rings. The molecule has 1 saturated heterocycles. The Morgan fingerprint density at radius 2 is 2.20 bits per heavy atom. The Morgan fingerprint density at radius 1 is 1.53 bits per heavy atom. The topological polar surface area (TPSA) is 38.8 Å². The monoisotopic (exact) mass is 210 g/mol. The maximum atomic E-state index is 11.4. The molecule has 15 heavy (non-hydrogen) atoms. The zero-order chi connectivity index (χ0) is 11.1. The van der Waals surface area contributed by atoms with E-state index < -0.39 is 0 Å². The molecular formula is C12H18O3. The first kappa shape index (κ1) is 10.7. The summed E-state index contributed by atoms with van der Waals surface area (Å²) in [5, 5.41) is 0. The SMILES string of the molecule is CCCC1=C(C[C@@]2(C)O[C@@H]2C)COC1=O. The third-order valence-electron chi connectivity index (χ3n) is 3.36. The zero-order valence-corrected chi connectivity index (χ0v) is 9.63. The van der Waals surface area contributed by atoms with E-state index in [9.17, 15) is 4.79 Å². The third-order valence-corrected chi connectivity index (χ3v) is 3.36. The van der Waals surface area contributed by atoms with Gasteiger partial charge in [-0.15, -0.1) is 0 Å². The minimum atomic E-state index is -0.122. The Hall–Kier alpha value is -0.830. The van der Waals surface area contributed by atoms with Crippen LogP contribution in [0.5, 0.6) is 0 Å². The molecule has 2 aliphatic rings. The largest absolute Gasteiger partial charge is 0.458 e. The van der Waals surface area contributed by atoms with Crippen LogP contribution in [-0.2, 0) is 14.3 Å². The van der Waals surface area contributed by atoms with E-state index in [0.29, 0.717) is 12.7 Å². The number of cyclic esters (lactones) is 1. The normalized spacial score (nSPS) is 34.6. The summed E-state index contributed by atoms with van der Waals surface area (Å²) in [7, 11) is 0. The van der Waals surface area contributed by atoms with Gasteiger partial charge in [-0.25, -0.2) is 4.79 Å². The van der Waals surface area contributed by atoms with Crippen LogP contribution in [0.3, 0.4) is 0 Å². The first-order chi connectivity index (χ1) is 7.07. The lowest BCUT2D eigenvalue weighted by molar-refractivity contribution is -0.136. The van der Waals surface area contributed by atoms with Gasteiger partial charge in [-0.3, -0.25) is 0 Å². The second-order valence-electron chi connectivity index (χ2n) is 4.66. The first-order valence-corrected chi connectivity index (χ1v) is 5.62. The number of esters is 1. The predicted octanol–water partition coefficient (Wildman–Crippen LogP) is 2.21. The molecule has 2 aliphatic heterocycles. The number of carbonyl (C=O) groups excluding carboxylic acids is 1. The lowest BCUT2D eigenvalue weighted by Crippen LogP contribution is -2.10. The van der Waals surface area contributed by atoms with Crippen molar-refractivity contribution in [2.45, 2.75) is 51.7 Å². The van der Waals surface area contributed by atoms with Gasteiger partial charge in [0.1, 0.15) is 6.61 Å². The van der Waals surface area contributed by atoms with Crippen molar-refractivity contribution in [2.75, 3.05) is 6.61 Å². The molecule has 0 saturated carbocycles. The zero-order valence-electron chi connectivity index (χ0n) is 9.63. The molecule has 84 valence electrons. The molecule has 0 aliphatic carbocycles. The van der Waals surface area contributed by atoms with Gasteiger partial charge in [-0.2, -0.15) is 0 Å². The highest BCUT2D eigenvalue weighted by atomic mass is 16.6. The number of hydrogen-bond donors (Lipinski definition) is 0. The summed E-state index contributed by atoms with van der Waals surface area (Å²) in [6, 6.07) is 0. The van der Waals surface area contributed by atoms with E-state index in [1.54, 1.807) is 0 Å². The summed E-state index contributed by atoms with van der Waals surface area (Å²) >= 11 is 0. The highest BCUT2D eigenvalue weighted by Crippen LogP contribution is 2.42. The van der Waals surface area contributed by atoms with E-state index in [0.717, 1.165) is 30.4 Å². The second kappa shape index (κ2) is 3.63. The lowest BCUT2D eigenvalue weighted by atomic mass is 9.94. The summed E-state index contributed by atoms with van der Waals surface area (Å²) in [6.45, 7) is 6.71. The summed E-state index contributed by atoms with van der Waals surface area (Å²) in [4.78, 5) is 11.4. The Balaban J connectivity index is 2.09. The fourth-order valence-electron chi connectivity index (χ4n) is 2.14. The smallest absolute Gasteiger partial charge is 0.334 e. The molecule has 2 heterocycles. The summed E-state index contributed by atoms with van der Waals surface area (Å²) in [6.07, 6.45) is 2.97. The van der Waals surface area contributed by atoms with Crippen molar-refractivity contribution in [1.82, 2.24) is 0 Å². The highest BCUT2D eigenvalue weighted by molar-refractivity contribution is 5.91. The van der Waals surface area contributed by atoms with Crippen molar-refractivity contribution in [3.8, 4) is 0 Å². The van der Waals surface area contributed by atoms with Crippen LogP contribution in [0.25, 0.3) is 0 Å². The molecule has 2 atom stereocenters. The number of carbonyl (C=O) groups is 1. The van der Waals surface area contributed by atoms with E-state index in [1.165, 1.54) is 0 Å². The molecule has 0 unspecified atom stereocenters. The molecule has 0 bridgehead atoms. The maximum absolute atomic E-state index is 11.4. The summed E-state index contributed by atoms with van der Waals surface area (Å²) in [5.41, 5.74) is 1.98. The number of hydrogen-bond acceptors (Lipinski definition) is 3. The van der Waals surface area contributed by atoms with Crippen LogP contribution in [0.4, 0.5) is 0 Å². The van der Waals surface area contributed by atoms with Crippen LogP contribution in [0.1, 0.15) is 40.0 Å². The Kier molecular flexibility index (Phi) is 2.59. The van der Waals surface area contributed by atoms with Crippen LogP contribution in [0.15, 0.2) is 11.1 Å². The van der Waals surface area contributed by atoms with E-state index in [2.05, 4.69) is 20.8 Å². The van der Waals surface area contributed by atoms with E-state index in [-0.39, 0.29) is 11.6 Å². The Bertz CT molecular complexity index is 319. The molecule has 0 N–H and O–H groups in total. The fourth-order valence-corrected chi connectivity index (χ4v) is 2.14. The number of ether oxygens (including phenoxy) is 2. The molecule has 0 radical (unpaired) electrons. The van der Waals surface area contributed by atoms with Gasteiger partial charge in [0.05, 0.1) is 11.7 Å². The van der Waals surface area contributed by atoms with Gasteiger partial charge in [0.25, 0.3) is 0 Å². The standard InChI is InChI=1S/C12H18O3/c1-4-5-10-9(7-14-11(10)13)6-12(3)8(2)15-12/h8H,4-7H2,1-3H3/t8-,12-/m1/s1. The average Bonchev–Trinajstić information content (AvgIpc) is 2.62. The molecule has 3 nitrogen and oxygen atoms in total. The summed E-state index contributed by atoms with van der Waals surface area (Å²) in [5.74, 6) is -0.122. The first-order valence-electron chi connectivity index (χ1n) is 5.62. The van der Waals surface area contributed by atoms with E-state index in [1.807, 2.05) is 0 Å².